The molecule has 0 bridgehead atoms. The second-order valence-electron chi connectivity index (χ2n) is 3.20. The summed E-state index contributed by atoms with van der Waals surface area (Å²) >= 11 is 4.53. The van der Waals surface area contributed by atoms with Gasteiger partial charge in [-0.25, -0.2) is 9.97 Å². The average Bonchev–Trinajstić information content (AvgIpc) is 2.94. The van der Waals surface area contributed by atoms with E-state index in [0.29, 0.717) is 4.88 Å². The van der Waals surface area contributed by atoms with E-state index in [0.717, 1.165) is 20.5 Å². The van der Waals surface area contributed by atoms with Crippen molar-refractivity contribution in [3.8, 4) is 0 Å². The van der Waals surface area contributed by atoms with Crippen molar-refractivity contribution in [2.24, 2.45) is 0 Å². The molecule has 0 amide bonds. The topological polar surface area (TPSA) is 42.9 Å². The van der Waals surface area contributed by atoms with E-state index in [-0.39, 0.29) is 0 Å². The molecule has 17 heavy (non-hydrogen) atoms. The highest BCUT2D eigenvalue weighted by Crippen LogP contribution is 2.35. The summed E-state index contributed by atoms with van der Waals surface area (Å²) in [6, 6.07) is 8.03. The van der Waals surface area contributed by atoms with E-state index in [1.807, 2.05) is 18.2 Å². The Bertz CT molecular complexity index is 641. The van der Waals surface area contributed by atoms with Gasteiger partial charge >= 0.3 is 0 Å². The maximum Gasteiger partial charge on any atom is 0.161 e. The maximum absolute atomic E-state index is 10.6. The standard InChI is InChI=1S/C11H6N2OS3/c14-6-7-5-12-10(15-7)17-11-13-8-3-1-2-4-9(8)16-11/h1-6H. The lowest BCUT2D eigenvalue weighted by Crippen LogP contribution is -1.68. The van der Waals surface area contributed by atoms with E-state index in [1.54, 1.807) is 17.5 Å². The SMILES string of the molecule is O=Cc1cnc(Sc2nc3ccccc3s2)s1. The summed E-state index contributed by atoms with van der Waals surface area (Å²) in [5.41, 5.74) is 1.01. The molecule has 0 unspecified atom stereocenters. The van der Waals surface area contributed by atoms with Gasteiger partial charge in [-0.3, -0.25) is 4.79 Å². The van der Waals surface area contributed by atoms with Crippen LogP contribution in [-0.2, 0) is 0 Å². The summed E-state index contributed by atoms with van der Waals surface area (Å²) in [7, 11) is 0. The van der Waals surface area contributed by atoms with Crippen LogP contribution in [0.5, 0.6) is 0 Å². The third-order valence-corrected chi connectivity index (χ3v) is 5.16. The number of hydrogen-bond donors (Lipinski definition) is 0. The zero-order chi connectivity index (χ0) is 11.7. The fraction of sp³-hybridized carbons (Fsp3) is 0. The second-order valence-corrected chi connectivity index (χ2v) is 6.78. The Hall–Kier alpha value is -1.24. The summed E-state index contributed by atoms with van der Waals surface area (Å²) in [6.07, 6.45) is 2.41. The largest absolute Gasteiger partial charge is 0.297 e. The van der Waals surface area contributed by atoms with Crippen LogP contribution in [0.25, 0.3) is 10.2 Å². The highest BCUT2D eigenvalue weighted by atomic mass is 32.2. The van der Waals surface area contributed by atoms with E-state index in [2.05, 4.69) is 16.0 Å². The zero-order valence-electron chi connectivity index (χ0n) is 8.49. The van der Waals surface area contributed by atoms with E-state index in [9.17, 15) is 4.79 Å². The molecule has 0 aliphatic carbocycles. The molecule has 2 aromatic heterocycles. The number of nitrogens with zero attached hydrogens (tertiary/aromatic N) is 2. The lowest BCUT2D eigenvalue weighted by molar-refractivity contribution is 0.112. The lowest BCUT2D eigenvalue weighted by atomic mass is 10.3. The summed E-state index contributed by atoms with van der Waals surface area (Å²) in [5.74, 6) is 0. The molecule has 0 atom stereocenters. The van der Waals surface area contributed by atoms with Crippen LogP contribution in [0.1, 0.15) is 9.67 Å². The summed E-state index contributed by atoms with van der Waals surface area (Å²) < 4.78 is 2.98. The number of rotatable bonds is 3. The maximum atomic E-state index is 10.6. The summed E-state index contributed by atoms with van der Waals surface area (Å²) in [6.45, 7) is 0. The molecule has 3 nitrogen and oxygen atoms in total. The molecule has 0 spiro atoms. The molecule has 3 rings (SSSR count). The van der Waals surface area contributed by atoms with Crippen molar-refractivity contribution in [3.05, 3.63) is 35.3 Å². The molecule has 0 saturated carbocycles. The van der Waals surface area contributed by atoms with E-state index in [1.165, 1.54) is 27.8 Å². The first kappa shape index (κ1) is 10.9. The van der Waals surface area contributed by atoms with Crippen molar-refractivity contribution >= 4 is 50.9 Å². The highest BCUT2D eigenvalue weighted by molar-refractivity contribution is 8.02. The molecule has 6 heteroatoms. The monoisotopic (exact) mass is 278 g/mol. The number of fused-ring (bicyclic) bond motifs is 1. The van der Waals surface area contributed by atoms with Crippen LogP contribution in [0.2, 0.25) is 0 Å². The Kier molecular flexibility index (Phi) is 2.92. The Labute approximate surface area is 110 Å². The van der Waals surface area contributed by atoms with Crippen LogP contribution in [0.3, 0.4) is 0 Å². The predicted molar refractivity (Wildman–Crippen MR) is 71.2 cm³/mol. The van der Waals surface area contributed by atoms with Gasteiger partial charge in [-0.2, -0.15) is 0 Å². The van der Waals surface area contributed by atoms with E-state index < -0.39 is 0 Å². The molecule has 0 aliphatic heterocycles. The van der Waals surface area contributed by atoms with Gasteiger partial charge in [0.25, 0.3) is 0 Å². The molecule has 0 aliphatic rings. The molecule has 0 radical (unpaired) electrons. The van der Waals surface area contributed by atoms with Crippen molar-refractivity contribution in [2.45, 2.75) is 8.68 Å². The van der Waals surface area contributed by atoms with Crippen LogP contribution in [0.4, 0.5) is 0 Å². The first-order valence-corrected chi connectivity index (χ1v) is 7.24. The third-order valence-electron chi connectivity index (χ3n) is 2.07. The number of hydrogen-bond acceptors (Lipinski definition) is 6. The minimum Gasteiger partial charge on any atom is -0.297 e. The van der Waals surface area contributed by atoms with Crippen molar-refractivity contribution in [2.75, 3.05) is 0 Å². The number of aromatic nitrogens is 2. The number of carbonyl (C=O) groups is 1. The fourth-order valence-electron chi connectivity index (χ4n) is 1.34. The highest BCUT2D eigenvalue weighted by Gasteiger charge is 2.08. The van der Waals surface area contributed by atoms with Gasteiger partial charge in [0, 0.05) is 6.20 Å². The first-order valence-electron chi connectivity index (χ1n) is 4.79. The molecule has 0 fully saturated rings. The molecule has 2 heterocycles. The van der Waals surface area contributed by atoms with Gasteiger partial charge in [0.1, 0.15) is 0 Å². The number of thiazole rings is 2. The molecule has 84 valence electrons. The van der Waals surface area contributed by atoms with Gasteiger partial charge in [-0.1, -0.05) is 12.1 Å². The van der Waals surface area contributed by atoms with Crippen molar-refractivity contribution < 1.29 is 4.79 Å². The van der Waals surface area contributed by atoms with Crippen molar-refractivity contribution in [1.29, 1.82) is 0 Å². The van der Waals surface area contributed by atoms with Gasteiger partial charge < -0.3 is 0 Å². The minimum absolute atomic E-state index is 0.647. The lowest BCUT2D eigenvalue weighted by Gasteiger charge is -1.87. The van der Waals surface area contributed by atoms with Gasteiger partial charge in [-0.15, -0.1) is 22.7 Å². The van der Waals surface area contributed by atoms with Crippen molar-refractivity contribution in [1.82, 2.24) is 9.97 Å². The average molecular weight is 278 g/mol. The quantitative estimate of drug-likeness (QED) is 0.685. The normalized spacial score (nSPS) is 10.8. The smallest absolute Gasteiger partial charge is 0.161 e. The third kappa shape index (κ3) is 2.24. The molecular weight excluding hydrogens is 272 g/mol. The van der Waals surface area contributed by atoms with Gasteiger partial charge in [0.2, 0.25) is 0 Å². The number of aldehydes is 1. The number of carbonyl (C=O) groups excluding carboxylic acids is 1. The van der Waals surface area contributed by atoms with Crippen LogP contribution < -0.4 is 0 Å². The number of para-hydroxylation sites is 1. The van der Waals surface area contributed by atoms with Crippen LogP contribution >= 0.6 is 34.4 Å². The summed E-state index contributed by atoms with van der Waals surface area (Å²) in [5, 5.41) is 0. The van der Waals surface area contributed by atoms with Crippen LogP contribution in [0, 0.1) is 0 Å². The molecular formula is C11H6N2OS3. The molecule has 0 saturated heterocycles. The summed E-state index contributed by atoms with van der Waals surface area (Å²) in [4.78, 5) is 19.9. The van der Waals surface area contributed by atoms with Gasteiger partial charge in [0.15, 0.2) is 15.0 Å². The Balaban J connectivity index is 1.91. The van der Waals surface area contributed by atoms with Crippen molar-refractivity contribution in [3.63, 3.8) is 0 Å². The first-order chi connectivity index (χ1) is 8.35. The molecule has 0 N–H and O–H groups in total. The zero-order valence-corrected chi connectivity index (χ0v) is 10.9. The molecule has 1 aromatic carbocycles. The molecule has 3 aromatic rings. The predicted octanol–water partition coefficient (Wildman–Crippen LogP) is 3.72. The van der Waals surface area contributed by atoms with E-state index >= 15 is 0 Å². The Morgan fingerprint density at radius 1 is 1.18 bits per heavy atom. The van der Waals surface area contributed by atoms with Crippen LogP contribution in [-0.4, -0.2) is 16.3 Å². The van der Waals surface area contributed by atoms with E-state index in [4.69, 9.17) is 0 Å². The van der Waals surface area contributed by atoms with Gasteiger partial charge in [0.05, 0.1) is 15.1 Å². The fourth-order valence-corrected chi connectivity index (χ4v) is 4.42. The minimum atomic E-state index is 0.647. The Morgan fingerprint density at radius 3 is 2.82 bits per heavy atom. The second kappa shape index (κ2) is 4.56. The van der Waals surface area contributed by atoms with Crippen LogP contribution in [0.15, 0.2) is 39.1 Å². The van der Waals surface area contributed by atoms with Gasteiger partial charge in [-0.05, 0) is 23.9 Å². The number of benzene rings is 1. The Morgan fingerprint density at radius 2 is 2.06 bits per heavy atom.